The molecule has 0 saturated heterocycles. The molecular formula is C19H30. The first-order chi connectivity index (χ1) is 8.99. The van der Waals surface area contributed by atoms with E-state index in [2.05, 4.69) is 52.8 Å². The Labute approximate surface area is 119 Å². The molecule has 0 heteroatoms. The van der Waals surface area contributed by atoms with Gasteiger partial charge in [0.2, 0.25) is 0 Å². The van der Waals surface area contributed by atoms with Crippen LogP contribution >= 0.6 is 0 Å². The van der Waals surface area contributed by atoms with Crippen molar-refractivity contribution in [1.29, 1.82) is 0 Å². The van der Waals surface area contributed by atoms with Crippen LogP contribution in [0.5, 0.6) is 0 Å². The second kappa shape index (κ2) is 4.50. The smallest absolute Gasteiger partial charge is 0.0106 e. The van der Waals surface area contributed by atoms with Crippen LogP contribution in [0.15, 0.2) is 23.8 Å². The van der Waals surface area contributed by atoms with E-state index >= 15 is 0 Å². The number of rotatable bonds is 3. The molecule has 0 aromatic carbocycles. The van der Waals surface area contributed by atoms with E-state index in [1.165, 1.54) is 19.3 Å². The molecule has 19 heavy (non-hydrogen) atoms. The zero-order chi connectivity index (χ0) is 13.8. The second-order valence-electron chi connectivity index (χ2n) is 7.89. The molecule has 2 fully saturated rings. The van der Waals surface area contributed by atoms with Crippen molar-refractivity contribution >= 4 is 0 Å². The lowest BCUT2D eigenvalue weighted by Gasteiger charge is -2.47. The summed E-state index contributed by atoms with van der Waals surface area (Å²) in [6.45, 7) is 12.2. The Hall–Kier alpha value is -0.520. The fourth-order valence-electron chi connectivity index (χ4n) is 5.32. The van der Waals surface area contributed by atoms with E-state index in [4.69, 9.17) is 0 Å². The summed E-state index contributed by atoms with van der Waals surface area (Å²) in [5.74, 6) is 5.59. The Morgan fingerprint density at radius 3 is 2.63 bits per heavy atom. The van der Waals surface area contributed by atoms with Crippen LogP contribution in [0, 0.1) is 40.9 Å². The summed E-state index contributed by atoms with van der Waals surface area (Å²) in [7, 11) is 0. The van der Waals surface area contributed by atoms with E-state index in [0.717, 1.165) is 35.5 Å². The third kappa shape index (κ3) is 1.94. The van der Waals surface area contributed by atoms with E-state index in [1.54, 1.807) is 5.57 Å². The molecule has 0 N–H and O–H groups in total. The third-order valence-electron chi connectivity index (χ3n) is 6.85. The van der Waals surface area contributed by atoms with Gasteiger partial charge in [0.25, 0.3) is 0 Å². The third-order valence-corrected chi connectivity index (χ3v) is 6.85. The molecule has 3 rings (SSSR count). The molecule has 0 aromatic heterocycles. The standard InChI is InChI=1S/C19H30/c1-6-7-8-15-9-13(3)18(15)16-10-12(2)14(4)17-11-19(16,17)5/h6-7,9,12-14,16-18H,8,10-11H2,1-5H3. The van der Waals surface area contributed by atoms with Crippen molar-refractivity contribution in [2.45, 2.75) is 53.9 Å². The van der Waals surface area contributed by atoms with Crippen molar-refractivity contribution in [1.82, 2.24) is 0 Å². The Bertz CT molecular complexity index is 416. The van der Waals surface area contributed by atoms with Gasteiger partial charge < -0.3 is 0 Å². The lowest BCUT2D eigenvalue weighted by Crippen LogP contribution is -2.40. The first-order valence-electron chi connectivity index (χ1n) is 8.30. The van der Waals surface area contributed by atoms with Gasteiger partial charge in [-0.05, 0) is 67.1 Å². The second-order valence-corrected chi connectivity index (χ2v) is 7.89. The topological polar surface area (TPSA) is 0 Å². The number of allylic oxidation sites excluding steroid dienone is 4. The molecule has 0 nitrogen and oxygen atoms in total. The van der Waals surface area contributed by atoms with Crippen molar-refractivity contribution in [3.8, 4) is 0 Å². The highest BCUT2D eigenvalue weighted by atomic mass is 14.7. The largest absolute Gasteiger partial charge is 0.0913 e. The zero-order valence-electron chi connectivity index (χ0n) is 13.3. The van der Waals surface area contributed by atoms with Crippen LogP contribution in [0.1, 0.15) is 53.9 Å². The molecule has 0 spiro atoms. The Morgan fingerprint density at radius 2 is 2.00 bits per heavy atom. The van der Waals surface area contributed by atoms with Crippen molar-refractivity contribution in [2.75, 3.05) is 0 Å². The highest BCUT2D eigenvalue weighted by Gasteiger charge is 2.63. The highest BCUT2D eigenvalue weighted by molar-refractivity contribution is 5.28. The van der Waals surface area contributed by atoms with Crippen molar-refractivity contribution in [2.24, 2.45) is 40.9 Å². The maximum absolute atomic E-state index is 2.59. The minimum absolute atomic E-state index is 0.681. The molecule has 2 saturated carbocycles. The SMILES string of the molecule is CC=CCC1=CC(C)C1C1CC(C)C(C)C2CC21C. The van der Waals surface area contributed by atoms with Gasteiger partial charge in [-0.3, -0.25) is 0 Å². The summed E-state index contributed by atoms with van der Waals surface area (Å²) in [5.41, 5.74) is 2.42. The average molecular weight is 258 g/mol. The lowest BCUT2D eigenvalue weighted by atomic mass is 9.57. The van der Waals surface area contributed by atoms with Gasteiger partial charge in [0.05, 0.1) is 0 Å². The molecule has 0 amide bonds. The molecule has 3 aliphatic rings. The van der Waals surface area contributed by atoms with Crippen LogP contribution in [0.25, 0.3) is 0 Å². The Kier molecular flexibility index (Phi) is 3.19. The fourth-order valence-corrected chi connectivity index (χ4v) is 5.32. The minimum atomic E-state index is 0.681. The summed E-state index contributed by atoms with van der Waals surface area (Å²) in [6.07, 6.45) is 11.3. The summed E-state index contributed by atoms with van der Waals surface area (Å²) in [5, 5.41) is 0. The lowest BCUT2D eigenvalue weighted by molar-refractivity contribution is 0.0748. The molecule has 0 aliphatic heterocycles. The summed E-state index contributed by atoms with van der Waals surface area (Å²) >= 11 is 0. The van der Waals surface area contributed by atoms with Gasteiger partial charge in [-0.15, -0.1) is 0 Å². The summed E-state index contributed by atoms with van der Waals surface area (Å²) in [6, 6.07) is 0. The van der Waals surface area contributed by atoms with E-state index in [9.17, 15) is 0 Å². The quantitative estimate of drug-likeness (QED) is 0.589. The van der Waals surface area contributed by atoms with Crippen LogP contribution in [0.2, 0.25) is 0 Å². The zero-order valence-corrected chi connectivity index (χ0v) is 13.3. The van der Waals surface area contributed by atoms with Crippen molar-refractivity contribution in [3.63, 3.8) is 0 Å². The van der Waals surface area contributed by atoms with Gasteiger partial charge in [-0.1, -0.05) is 51.5 Å². The minimum Gasteiger partial charge on any atom is -0.0913 e. The number of hydrogen-bond acceptors (Lipinski definition) is 0. The Balaban J connectivity index is 1.77. The van der Waals surface area contributed by atoms with E-state index in [0.29, 0.717) is 5.41 Å². The maximum atomic E-state index is 2.59. The first kappa shape index (κ1) is 13.5. The normalized spacial score (nSPS) is 52.6. The first-order valence-corrected chi connectivity index (χ1v) is 8.30. The van der Waals surface area contributed by atoms with Crippen molar-refractivity contribution < 1.29 is 0 Å². The molecular weight excluding hydrogens is 228 g/mol. The van der Waals surface area contributed by atoms with Gasteiger partial charge in [0.15, 0.2) is 0 Å². The van der Waals surface area contributed by atoms with Crippen LogP contribution in [0.3, 0.4) is 0 Å². The fraction of sp³-hybridized carbons (Fsp3) is 0.789. The van der Waals surface area contributed by atoms with Gasteiger partial charge >= 0.3 is 0 Å². The molecule has 0 heterocycles. The summed E-state index contributed by atoms with van der Waals surface area (Å²) in [4.78, 5) is 0. The maximum Gasteiger partial charge on any atom is -0.0106 e. The van der Waals surface area contributed by atoms with Gasteiger partial charge in [-0.2, -0.15) is 0 Å². The van der Waals surface area contributed by atoms with Crippen LogP contribution in [-0.2, 0) is 0 Å². The summed E-state index contributed by atoms with van der Waals surface area (Å²) < 4.78 is 0. The number of hydrogen-bond donors (Lipinski definition) is 0. The van der Waals surface area contributed by atoms with Crippen LogP contribution < -0.4 is 0 Å². The van der Waals surface area contributed by atoms with E-state index < -0.39 is 0 Å². The molecule has 3 aliphatic carbocycles. The van der Waals surface area contributed by atoms with Gasteiger partial charge in [-0.25, -0.2) is 0 Å². The van der Waals surface area contributed by atoms with Gasteiger partial charge in [0.1, 0.15) is 0 Å². The predicted molar refractivity (Wildman–Crippen MR) is 82.8 cm³/mol. The molecule has 0 aromatic rings. The molecule has 7 unspecified atom stereocenters. The highest BCUT2D eigenvalue weighted by Crippen LogP contribution is 2.70. The predicted octanol–water partition coefficient (Wildman–Crippen LogP) is 5.46. The Morgan fingerprint density at radius 1 is 1.26 bits per heavy atom. The average Bonchev–Trinajstić information content (AvgIpc) is 3.05. The van der Waals surface area contributed by atoms with E-state index in [-0.39, 0.29) is 0 Å². The molecule has 7 atom stereocenters. The molecule has 0 bridgehead atoms. The van der Waals surface area contributed by atoms with Crippen LogP contribution in [0.4, 0.5) is 0 Å². The molecule has 106 valence electrons. The van der Waals surface area contributed by atoms with E-state index in [1.807, 2.05) is 0 Å². The number of fused-ring (bicyclic) bond motifs is 1. The van der Waals surface area contributed by atoms with Gasteiger partial charge in [0, 0.05) is 0 Å². The monoisotopic (exact) mass is 258 g/mol. The van der Waals surface area contributed by atoms with Crippen molar-refractivity contribution in [3.05, 3.63) is 23.8 Å². The molecule has 0 radical (unpaired) electrons. The van der Waals surface area contributed by atoms with Crippen LogP contribution in [-0.4, -0.2) is 0 Å².